The standard InChI is InChI=1S/C14H19NO/c1-2-15(11-12-7-6-8-12)14(16)13-9-4-3-5-10-13/h3-5,9-10,12H,2,6-8,11H2,1H3. The molecule has 0 heterocycles. The van der Waals surface area contributed by atoms with E-state index in [-0.39, 0.29) is 5.91 Å². The average molecular weight is 217 g/mol. The molecule has 1 saturated carbocycles. The third-order valence-corrected chi connectivity index (χ3v) is 3.39. The van der Waals surface area contributed by atoms with Crippen LogP contribution in [0.5, 0.6) is 0 Å². The van der Waals surface area contributed by atoms with Gasteiger partial charge >= 0.3 is 0 Å². The van der Waals surface area contributed by atoms with Crippen molar-refractivity contribution in [2.75, 3.05) is 13.1 Å². The minimum atomic E-state index is 0.176. The summed E-state index contributed by atoms with van der Waals surface area (Å²) < 4.78 is 0. The minimum Gasteiger partial charge on any atom is -0.339 e. The number of rotatable bonds is 4. The molecule has 1 fully saturated rings. The molecule has 1 aromatic carbocycles. The van der Waals surface area contributed by atoms with E-state index in [1.807, 2.05) is 35.2 Å². The summed E-state index contributed by atoms with van der Waals surface area (Å²) in [6.07, 6.45) is 3.92. The molecule has 2 rings (SSSR count). The van der Waals surface area contributed by atoms with Crippen LogP contribution in [0, 0.1) is 5.92 Å². The monoisotopic (exact) mass is 217 g/mol. The molecule has 0 saturated heterocycles. The van der Waals surface area contributed by atoms with Crippen molar-refractivity contribution >= 4 is 5.91 Å². The summed E-state index contributed by atoms with van der Waals surface area (Å²) in [6, 6.07) is 9.57. The summed E-state index contributed by atoms with van der Waals surface area (Å²) in [4.78, 5) is 14.1. The fourth-order valence-electron chi connectivity index (χ4n) is 2.11. The molecule has 0 atom stereocenters. The van der Waals surface area contributed by atoms with Gasteiger partial charge in [0, 0.05) is 18.7 Å². The Kier molecular flexibility index (Phi) is 3.60. The largest absolute Gasteiger partial charge is 0.339 e. The predicted octanol–water partition coefficient (Wildman–Crippen LogP) is 2.95. The Morgan fingerprint density at radius 3 is 2.50 bits per heavy atom. The fourth-order valence-corrected chi connectivity index (χ4v) is 2.11. The highest BCUT2D eigenvalue weighted by Gasteiger charge is 2.23. The lowest BCUT2D eigenvalue weighted by Crippen LogP contribution is -2.37. The van der Waals surface area contributed by atoms with Crippen molar-refractivity contribution in [2.24, 2.45) is 5.92 Å². The maximum absolute atomic E-state index is 12.2. The fraction of sp³-hybridized carbons (Fsp3) is 0.500. The Hall–Kier alpha value is -1.31. The highest BCUT2D eigenvalue weighted by molar-refractivity contribution is 5.94. The third-order valence-electron chi connectivity index (χ3n) is 3.39. The second kappa shape index (κ2) is 5.15. The molecule has 0 aliphatic heterocycles. The molecule has 2 heteroatoms. The molecule has 1 amide bonds. The van der Waals surface area contributed by atoms with Crippen molar-refractivity contribution in [3.63, 3.8) is 0 Å². The second-order valence-corrected chi connectivity index (χ2v) is 4.51. The lowest BCUT2D eigenvalue weighted by Gasteiger charge is -2.31. The summed E-state index contributed by atoms with van der Waals surface area (Å²) in [5, 5.41) is 0. The molecule has 0 radical (unpaired) electrons. The van der Waals surface area contributed by atoms with E-state index in [0.717, 1.165) is 24.6 Å². The van der Waals surface area contributed by atoms with Gasteiger partial charge in [-0.2, -0.15) is 0 Å². The second-order valence-electron chi connectivity index (χ2n) is 4.51. The molecule has 1 aromatic rings. The summed E-state index contributed by atoms with van der Waals surface area (Å²) in [5.74, 6) is 0.919. The van der Waals surface area contributed by atoms with Gasteiger partial charge in [-0.3, -0.25) is 4.79 Å². The van der Waals surface area contributed by atoms with Gasteiger partial charge in [-0.1, -0.05) is 24.6 Å². The van der Waals surface area contributed by atoms with Crippen LogP contribution in [-0.4, -0.2) is 23.9 Å². The highest BCUT2D eigenvalue weighted by Crippen LogP contribution is 2.27. The minimum absolute atomic E-state index is 0.176. The lowest BCUT2D eigenvalue weighted by atomic mass is 9.85. The average Bonchev–Trinajstić information content (AvgIpc) is 2.28. The zero-order valence-corrected chi connectivity index (χ0v) is 9.86. The topological polar surface area (TPSA) is 20.3 Å². The molecule has 1 aliphatic rings. The molecule has 2 nitrogen and oxygen atoms in total. The van der Waals surface area contributed by atoms with Crippen molar-refractivity contribution in [3.05, 3.63) is 35.9 Å². The maximum atomic E-state index is 12.2. The van der Waals surface area contributed by atoms with Crippen molar-refractivity contribution in [1.82, 2.24) is 4.90 Å². The van der Waals surface area contributed by atoms with E-state index in [9.17, 15) is 4.79 Å². The van der Waals surface area contributed by atoms with Crippen LogP contribution in [0.15, 0.2) is 30.3 Å². The summed E-state index contributed by atoms with van der Waals surface area (Å²) >= 11 is 0. The zero-order valence-electron chi connectivity index (χ0n) is 9.86. The molecule has 0 unspecified atom stereocenters. The Labute approximate surface area is 97.3 Å². The van der Waals surface area contributed by atoms with E-state index in [4.69, 9.17) is 0 Å². The zero-order chi connectivity index (χ0) is 11.4. The van der Waals surface area contributed by atoms with E-state index in [0.29, 0.717) is 0 Å². The van der Waals surface area contributed by atoms with Gasteiger partial charge in [-0.15, -0.1) is 0 Å². The van der Waals surface area contributed by atoms with Crippen LogP contribution in [0.4, 0.5) is 0 Å². The number of nitrogens with zero attached hydrogens (tertiary/aromatic N) is 1. The van der Waals surface area contributed by atoms with Gasteiger partial charge in [0.25, 0.3) is 5.91 Å². The molecule has 16 heavy (non-hydrogen) atoms. The molecular formula is C14H19NO. The van der Waals surface area contributed by atoms with Gasteiger partial charge in [0.1, 0.15) is 0 Å². The van der Waals surface area contributed by atoms with Crippen LogP contribution in [-0.2, 0) is 0 Å². The summed E-state index contributed by atoms with van der Waals surface area (Å²) in [7, 11) is 0. The van der Waals surface area contributed by atoms with Gasteiger partial charge in [-0.05, 0) is 37.8 Å². The predicted molar refractivity (Wildman–Crippen MR) is 65.4 cm³/mol. The van der Waals surface area contributed by atoms with E-state index < -0.39 is 0 Å². The van der Waals surface area contributed by atoms with Crippen LogP contribution in [0.3, 0.4) is 0 Å². The highest BCUT2D eigenvalue weighted by atomic mass is 16.2. The van der Waals surface area contributed by atoms with Crippen LogP contribution < -0.4 is 0 Å². The SMILES string of the molecule is CCN(CC1CCC1)C(=O)c1ccccc1. The van der Waals surface area contributed by atoms with E-state index in [1.165, 1.54) is 19.3 Å². The molecule has 0 N–H and O–H groups in total. The number of carbonyl (C=O) groups is 1. The molecule has 86 valence electrons. The first-order valence-corrected chi connectivity index (χ1v) is 6.15. The van der Waals surface area contributed by atoms with Gasteiger partial charge in [0.15, 0.2) is 0 Å². The third kappa shape index (κ3) is 2.43. The number of benzene rings is 1. The number of hydrogen-bond acceptors (Lipinski definition) is 1. The summed E-state index contributed by atoms with van der Waals surface area (Å²) in [5.41, 5.74) is 0.809. The van der Waals surface area contributed by atoms with Gasteiger partial charge in [0.05, 0.1) is 0 Å². The van der Waals surface area contributed by atoms with Crippen molar-refractivity contribution < 1.29 is 4.79 Å². The number of hydrogen-bond donors (Lipinski definition) is 0. The Bertz CT molecular complexity index is 343. The van der Waals surface area contributed by atoms with E-state index >= 15 is 0 Å². The van der Waals surface area contributed by atoms with E-state index in [2.05, 4.69) is 6.92 Å². The molecule has 0 spiro atoms. The Morgan fingerprint density at radius 2 is 2.00 bits per heavy atom. The molecule has 1 aliphatic carbocycles. The first-order valence-electron chi connectivity index (χ1n) is 6.15. The Balaban J connectivity index is 2.00. The molecule has 0 bridgehead atoms. The maximum Gasteiger partial charge on any atom is 0.253 e. The summed E-state index contributed by atoms with van der Waals surface area (Å²) in [6.45, 7) is 3.80. The van der Waals surface area contributed by atoms with Gasteiger partial charge in [-0.25, -0.2) is 0 Å². The lowest BCUT2D eigenvalue weighted by molar-refractivity contribution is 0.0706. The number of amides is 1. The smallest absolute Gasteiger partial charge is 0.253 e. The van der Waals surface area contributed by atoms with Crippen molar-refractivity contribution in [3.8, 4) is 0 Å². The molecule has 0 aromatic heterocycles. The van der Waals surface area contributed by atoms with Crippen LogP contribution >= 0.6 is 0 Å². The normalized spacial score (nSPS) is 15.6. The first-order chi connectivity index (χ1) is 7.81. The van der Waals surface area contributed by atoms with Crippen LogP contribution in [0.2, 0.25) is 0 Å². The molecular weight excluding hydrogens is 198 g/mol. The van der Waals surface area contributed by atoms with Gasteiger partial charge in [0.2, 0.25) is 0 Å². The van der Waals surface area contributed by atoms with Crippen LogP contribution in [0.25, 0.3) is 0 Å². The van der Waals surface area contributed by atoms with Gasteiger partial charge < -0.3 is 4.90 Å². The van der Waals surface area contributed by atoms with Crippen molar-refractivity contribution in [1.29, 1.82) is 0 Å². The quantitative estimate of drug-likeness (QED) is 0.759. The Morgan fingerprint density at radius 1 is 1.31 bits per heavy atom. The van der Waals surface area contributed by atoms with Crippen molar-refractivity contribution in [2.45, 2.75) is 26.2 Å². The van der Waals surface area contributed by atoms with Crippen LogP contribution in [0.1, 0.15) is 36.5 Å². The number of carbonyl (C=O) groups excluding carboxylic acids is 1. The first kappa shape index (κ1) is 11.2. The van der Waals surface area contributed by atoms with E-state index in [1.54, 1.807) is 0 Å².